The molecule has 0 aliphatic heterocycles. The van der Waals surface area contributed by atoms with E-state index in [0.29, 0.717) is 0 Å². The second-order valence-corrected chi connectivity index (χ2v) is 4.84. The van der Waals surface area contributed by atoms with Crippen molar-refractivity contribution >= 4 is 5.91 Å². The molecule has 0 saturated heterocycles. The lowest BCUT2D eigenvalue weighted by Crippen LogP contribution is -2.33. The van der Waals surface area contributed by atoms with E-state index in [1.165, 1.54) is 0 Å². The lowest BCUT2D eigenvalue weighted by atomic mass is 10.1. The molecule has 0 spiro atoms. The molecule has 1 amide bonds. The number of hydrogen-bond donors (Lipinski definition) is 1. The van der Waals surface area contributed by atoms with Crippen LogP contribution in [0.3, 0.4) is 0 Å². The molecule has 1 N–H and O–H groups in total. The SMILES string of the molecule is C[C@H](C(=O)N[C@H](C)c1ccccc1)n1cc[n+](C)c1. The number of rotatable bonds is 4. The largest absolute Gasteiger partial charge is 0.346 e. The van der Waals surface area contributed by atoms with Gasteiger partial charge in [0.2, 0.25) is 6.33 Å². The predicted molar refractivity (Wildman–Crippen MR) is 73.3 cm³/mol. The van der Waals surface area contributed by atoms with Crippen LogP contribution in [0.5, 0.6) is 0 Å². The highest BCUT2D eigenvalue weighted by Gasteiger charge is 2.21. The first-order valence-corrected chi connectivity index (χ1v) is 6.46. The van der Waals surface area contributed by atoms with E-state index in [2.05, 4.69) is 5.32 Å². The molecule has 4 heteroatoms. The van der Waals surface area contributed by atoms with Crippen molar-refractivity contribution in [1.29, 1.82) is 0 Å². The van der Waals surface area contributed by atoms with Crippen molar-refractivity contribution < 1.29 is 9.36 Å². The van der Waals surface area contributed by atoms with E-state index in [1.54, 1.807) is 0 Å². The summed E-state index contributed by atoms with van der Waals surface area (Å²) < 4.78 is 3.82. The molecule has 0 fully saturated rings. The number of amides is 1. The number of aryl methyl sites for hydroxylation is 1. The van der Waals surface area contributed by atoms with Crippen LogP contribution in [0.4, 0.5) is 0 Å². The van der Waals surface area contributed by atoms with Crippen molar-refractivity contribution in [3.05, 3.63) is 54.6 Å². The first-order chi connectivity index (χ1) is 9.08. The second kappa shape index (κ2) is 5.69. The van der Waals surface area contributed by atoms with Crippen LogP contribution in [-0.2, 0) is 11.8 Å². The standard InChI is InChI=1S/C15H19N3O/c1-12(14-7-5-4-6-8-14)16-15(19)13(2)18-10-9-17(3)11-18/h4-13H,1-3H3/p+1/t12-,13-/m1/s1. The van der Waals surface area contributed by atoms with E-state index in [0.717, 1.165) is 5.56 Å². The Bertz CT molecular complexity index is 548. The minimum Gasteiger partial charge on any atom is -0.346 e. The van der Waals surface area contributed by atoms with Crippen molar-refractivity contribution in [1.82, 2.24) is 9.88 Å². The number of hydrogen-bond acceptors (Lipinski definition) is 1. The number of aromatic nitrogens is 2. The molecular formula is C15H20N3O+. The zero-order valence-corrected chi connectivity index (χ0v) is 11.6. The van der Waals surface area contributed by atoms with Crippen molar-refractivity contribution in [2.24, 2.45) is 7.05 Å². The van der Waals surface area contributed by atoms with Gasteiger partial charge in [-0.25, -0.2) is 9.13 Å². The van der Waals surface area contributed by atoms with Gasteiger partial charge in [-0.3, -0.25) is 4.79 Å². The molecule has 0 unspecified atom stereocenters. The van der Waals surface area contributed by atoms with Gasteiger partial charge in [-0.05, 0) is 19.4 Å². The van der Waals surface area contributed by atoms with Crippen molar-refractivity contribution in [3.63, 3.8) is 0 Å². The Labute approximate surface area is 113 Å². The fourth-order valence-electron chi connectivity index (χ4n) is 1.99. The molecule has 1 aromatic carbocycles. The maximum absolute atomic E-state index is 12.2. The Morgan fingerprint density at radius 1 is 1.26 bits per heavy atom. The van der Waals surface area contributed by atoms with E-state index in [1.807, 2.05) is 79.1 Å². The Kier molecular flexibility index (Phi) is 4.00. The van der Waals surface area contributed by atoms with Gasteiger partial charge >= 0.3 is 0 Å². The van der Waals surface area contributed by atoms with Gasteiger partial charge in [0.25, 0.3) is 5.91 Å². The maximum Gasteiger partial charge on any atom is 0.265 e. The number of nitrogens with zero attached hydrogens (tertiary/aromatic N) is 2. The van der Waals surface area contributed by atoms with Gasteiger partial charge in [0.05, 0.1) is 13.1 Å². The predicted octanol–water partition coefficient (Wildman–Crippen LogP) is 1.75. The van der Waals surface area contributed by atoms with Crippen LogP contribution in [-0.4, -0.2) is 10.5 Å². The summed E-state index contributed by atoms with van der Waals surface area (Å²) in [5, 5.41) is 3.03. The molecule has 2 rings (SSSR count). The average Bonchev–Trinajstić information content (AvgIpc) is 2.85. The first kappa shape index (κ1) is 13.3. The molecule has 0 bridgehead atoms. The monoisotopic (exact) mass is 258 g/mol. The zero-order valence-electron chi connectivity index (χ0n) is 11.6. The topological polar surface area (TPSA) is 37.9 Å². The number of imidazole rings is 1. The molecule has 2 aromatic rings. The number of carbonyl (C=O) groups is 1. The third-order valence-corrected chi connectivity index (χ3v) is 3.27. The Hall–Kier alpha value is -2.10. The van der Waals surface area contributed by atoms with Crippen LogP contribution in [0.25, 0.3) is 0 Å². The quantitative estimate of drug-likeness (QED) is 0.834. The summed E-state index contributed by atoms with van der Waals surface area (Å²) in [5.74, 6) is 0.0209. The van der Waals surface area contributed by atoms with Gasteiger partial charge < -0.3 is 5.32 Å². The van der Waals surface area contributed by atoms with Gasteiger partial charge in [-0.15, -0.1) is 0 Å². The van der Waals surface area contributed by atoms with E-state index >= 15 is 0 Å². The normalized spacial score (nSPS) is 13.8. The summed E-state index contributed by atoms with van der Waals surface area (Å²) in [6.45, 7) is 3.89. The van der Waals surface area contributed by atoms with Crippen molar-refractivity contribution in [2.75, 3.05) is 0 Å². The summed E-state index contributed by atoms with van der Waals surface area (Å²) in [6.07, 6.45) is 5.72. The lowest BCUT2D eigenvalue weighted by molar-refractivity contribution is -0.671. The molecule has 1 aromatic heterocycles. The third-order valence-electron chi connectivity index (χ3n) is 3.27. The van der Waals surface area contributed by atoms with Crippen molar-refractivity contribution in [3.8, 4) is 0 Å². The highest BCUT2D eigenvalue weighted by molar-refractivity contribution is 5.80. The van der Waals surface area contributed by atoms with E-state index in [9.17, 15) is 4.79 Å². The molecule has 4 nitrogen and oxygen atoms in total. The zero-order chi connectivity index (χ0) is 13.8. The van der Waals surface area contributed by atoms with Crippen LogP contribution in [0, 0.1) is 0 Å². The molecule has 1 heterocycles. The molecule has 0 radical (unpaired) electrons. The number of nitrogens with one attached hydrogen (secondary N) is 1. The average molecular weight is 258 g/mol. The lowest BCUT2D eigenvalue weighted by Gasteiger charge is -2.16. The molecular weight excluding hydrogens is 238 g/mol. The van der Waals surface area contributed by atoms with E-state index in [-0.39, 0.29) is 18.0 Å². The van der Waals surface area contributed by atoms with Crippen LogP contribution in [0.1, 0.15) is 31.5 Å². The molecule has 0 saturated carbocycles. The molecule has 0 aliphatic rings. The Morgan fingerprint density at radius 2 is 1.95 bits per heavy atom. The summed E-state index contributed by atoms with van der Waals surface area (Å²) in [6, 6.07) is 9.77. The van der Waals surface area contributed by atoms with Crippen LogP contribution in [0.2, 0.25) is 0 Å². The van der Waals surface area contributed by atoms with Gasteiger partial charge in [-0.1, -0.05) is 30.3 Å². The number of benzene rings is 1. The minimum absolute atomic E-state index is 0.0143. The summed E-state index contributed by atoms with van der Waals surface area (Å²) in [4.78, 5) is 12.2. The molecule has 2 atom stereocenters. The van der Waals surface area contributed by atoms with Crippen molar-refractivity contribution in [2.45, 2.75) is 25.9 Å². The fourth-order valence-corrected chi connectivity index (χ4v) is 1.99. The maximum atomic E-state index is 12.2. The number of carbonyl (C=O) groups excluding carboxylic acids is 1. The summed E-state index contributed by atoms with van der Waals surface area (Å²) >= 11 is 0. The van der Waals surface area contributed by atoms with Gasteiger partial charge in [0.15, 0.2) is 6.04 Å². The summed E-state index contributed by atoms with van der Waals surface area (Å²) in [5.41, 5.74) is 1.11. The first-order valence-electron chi connectivity index (χ1n) is 6.46. The highest BCUT2D eigenvalue weighted by Crippen LogP contribution is 2.13. The Balaban J connectivity index is 2.01. The van der Waals surface area contributed by atoms with Crippen LogP contribution in [0.15, 0.2) is 49.1 Å². The van der Waals surface area contributed by atoms with Gasteiger partial charge in [-0.2, -0.15) is 0 Å². The smallest absolute Gasteiger partial charge is 0.265 e. The fraction of sp³-hybridized carbons (Fsp3) is 0.333. The van der Waals surface area contributed by atoms with Crippen LogP contribution >= 0.6 is 0 Å². The third kappa shape index (κ3) is 3.22. The summed E-state index contributed by atoms with van der Waals surface area (Å²) in [7, 11) is 1.94. The molecule has 0 aliphatic carbocycles. The molecule has 19 heavy (non-hydrogen) atoms. The second-order valence-electron chi connectivity index (χ2n) is 4.84. The van der Waals surface area contributed by atoms with Crippen LogP contribution < -0.4 is 9.88 Å². The highest BCUT2D eigenvalue weighted by atomic mass is 16.2. The Morgan fingerprint density at radius 3 is 2.53 bits per heavy atom. The van der Waals surface area contributed by atoms with E-state index < -0.39 is 0 Å². The van der Waals surface area contributed by atoms with Gasteiger partial charge in [0.1, 0.15) is 12.4 Å². The minimum atomic E-state index is -0.215. The van der Waals surface area contributed by atoms with E-state index in [4.69, 9.17) is 0 Å². The van der Waals surface area contributed by atoms with Gasteiger partial charge in [0, 0.05) is 0 Å². The molecule has 100 valence electrons.